The van der Waals surface area contributed by atoms with Crippen LogP contribution in [-0.2, 0) is 4.74 Å². The summed E-state index contributed by atoms with van der Waals surface area (Å²) in [7, 11) is 0. The second-order valence-electron chi connectivity index (χ2n) is 6.90. The largest absolute Gasteiger partial charge is 0.389 e. The van der Waals surface area contributed by atoms with Gasteiger partial charge in [0.2, 0.25) is 0 Å². The Balaban J connectivity index is 1.54. The maximum atomic E-state index is 9.94. The van der Waals surface area contributed by atoms with E-state index in [0.29, 0.717) is 24.7 Å². The van der Waals surface area contributed by atoms with Gasteiger partial charge < -0.3 is 15.2 Å². The van der Waals surface area contributed by atoms with Gasteiger partial charge in [0, 0.05) is 13.1 Å². The number of aliphatic hydroxyl groups is 1. The second kappa shape index (κ2) is 7.61. The molecule has 2 aliphatic rings. The summed E-state index contributed by atoms with van der Waals surface area (Å²) in [6.07, 6.45) is 11.8. The quantitative estimate of drug-likeness (QED) is 0.747. The van der Waals surface area contributed by atoms with E-state index in [2.05, 4.69) is 12.2 Å². The first kappa shape index (κ1) is 15.3. The topological polar surface area (TPSA) is 41.5 Å². The molecule has 0 saturated heterocycles. The average Bonchev–Trinajstić information content (AvgIpc) is 2.90. The van der Waals surface area contributed by atoms with Crippen molar-refractivity contribution in [2.75, 3.05) is 19.7 Å². The van der Waals surface area contributed by atoms with E-state index >= 15 is 0 Å². The van der Waals surface area contributed by atoms with Crippen molar-refractivity contribution in [1.29, 1.82) is 0 Å². The van der Waals surface area contributed by atoms with Crippen LogP contribution in [0.1, 0.15) is 64.7 Å². The molecule has 0 aromatic rings. The smallest absolute Gasteiger partial charge is 0.0897 e. The second-order valence-corrected chi connectivity index (χ2v) is 6.90. The van der Waals surface area contributed by atoms with E-state index in [1.807, 2.05) is 0 Å². The standard InChI is InChI=1S/C16H31NO2/c1-16(9-5-2-6-10-16)13-17-11-14(18)12-19-15-7-3-4-8-15/h14-15,17-18H,2-13H2,1H3. The summed E-state index contributed by atoms with van der Waals surface area (Å²) in [5.41, 5.74) is 0.449. The highest BCUT2D eigenvalue weighted by atomic mass is 16.5. The van der Waals surface area contributed by atoms with Crippen LogP contribution in [0.2, 0.25) is 0 Å². The molecule has 0 aromatic carbocycles. The molecule has 1 unspecified atom stereocenters. The summed E-state index contributed by atoms with van der Waals surface area (Å²) < 4.78 is 5.74. The van der Waals surface area contributed by atoms with E-state index < -0.39 is 0 Å². The fraction of sp³-hybridized carbons (Fsp3) is 1.00. The number of hydrogen-bond donors (Lipinski definition) is 2. The Morgan fingerprint density at radius 2 is 1.84 bits per heavy atom. The van der Waals surface area contributed by atoms with Gasteiger partial charge in [-0.1, -0.05) is 39.0 Å². The van der Waals surface area contributed by atoms with Gasteiger partial charge >= 0.3 is 0 Å². The molecule has 0 aromatic heterocycles. The zero-order valence-corrected chi connectivity index (χ0v) is 12.5. The minimum atomic E-state index is -0.354. The zero-order valence-electron chi connectivity index (χ0n) is 12.5. The van der Waals surface area contributed by atoms with Gasteiger partial charge in [-0.2, -0.15) is 0 Å². The highest BCUT2D eigenvalue weighted by molar-refractivity contribution is 4.81. The van der Waals surface area contributed by atoms with E-state index in [0.717, 1.165) is 6.54 Å². The molecular formula is C16H31NO2. The first-order valence-corrected chi connectivity index (χ1v) is 8.18. The van der Waals surface area contributed by atoms with Crippen molar-refractivity contribution in [3.63, 3.8) is 0 Å². The number of aliphatic hydroxyl groups excluding tert-OH is 1. The van der Waals surface area contributed by atoms with E-state index in [9.17, 15) is 5.11 Å². The monoisotopic (exact) mass is 269 g/mol. The van der Waals surface area contributed by atoms with E-state index in [1.54, 1.807) is 0 Å². The molecule has 3 nitrogen and oxygen atoms in total. The van der Waals surface area contributed by atoms with Gasteiger partial charge in [0.1, 0.15) is 0 Å². The zero-order chi connectivity index (χ0) is 13.6. The van der Waals surface area contributed by atoms with Crippen molar-refractivity contribution in [3.8, 4) is 0 Å². The van der Waals surface area contributed by atoms with Crippen LogP contribution in [0.25, 0.3) is 0 Å². The van der Waals surface area contributed by atoms with E-state index in [1.165, 1.54) is 57.8 Å². The summed E-state index contributed by atoms with van der Waals surface area (Å²) in [4.78, 5) is 0. The summed E-state index contributed by atoms with van der Waals surface area (Å²) in [6.45, 7) is 4.57. The lowest BCUT2D eigenvalue weighted by atomic mass is 9.76. The molecule has 0 spiro atoms. The van der Waals surface area contributed by atoms with Crippen LogP contribution in [0, 0.1) is 5.41 Å². The predicted molar refractivity (Wildman–Crippen MR) is 78.3 cm³/mol. The van der Waals surface area contributed by atoms with Crippen molar-refractivity contribution in [3.05, 3.63) is 0 Å². The SMILES string of the molecule is CC1(CNCC(O)COC2CCCC2)CCCCC1. The molecule has 2 saturated carbocycles. The van der Waals surface area contributed by atoms with Gasteiger partial charge in [0.05, 0.1) is 18.8 Å². The molecule has 1 atom stereocenters. The predicted octanol–water partition coefficient (Wildman–Crippen LogP) is 2.87. The maximum Gasteiger partial charge on any atom is 0.0897 e. The molecule has 112 valence electrons. The molecule has 0 heterocycles. The Morgan fingerprint density at radius 1 is 1.16 bits per heavy atom. The Morgan fingerprint density at radius 3 is 2.53 bits per heavy atom. The van der Waals surface area contributed by atoms with Crippen molar-refractivity contribution in [2.45, 2.75) is 76.9 Å². The first-order valence-electron chi connectivity index (χ1n) is 8.18. The van der Waals surface area contributed by atoms with Crippen LogP contribution in [0.3, 0.4) is 0 Å². The average molecular weight is 269 g/mol. The third-order valence-corrected chi connectivity index (χ3v) is 4.82. The summed E-state index contributed by atoms with van der Waals surface area (Å²) in [5, 5.41) is 13.4. The van der Waals surface area contributed by atoms with Crippen LogP contribution in [0.4, 0.5) is 0 Å². The van der Waals surface area contributed by atoms with Crippen LogP contribution in [0.15, 0.2) is 0 Å². The van der Waals surface area contributed by atoms with E-state index in [4.69, 9.17) is 4.74 Å². The van der Waals surface area contributed by atoms with Crippen molar-refractivity contribution in [2.24, 2.45) is 5.41 Å². The molecule has 0 radical (unpaired) electrons. The molecule has 0 bridgehead atoms. The fourth-order valence-electron chi connectivity index (χ4n) is 3.48. The van der Waals surface area contributed by atoms with Crippen molar-refractivity contribution < 1.29 is 9.84 Å². The minimum Gasteiger partial charge on any atom is -0.389 e. The highest BCUT2D eigenvalue weighted by Gasteiger charge is 2.26. The number of nitrogens with one attached hydrogen (secondary N) is 1. The van der Waals surface area contributed by atoms with Crippen molar-refractivity contribution >= 4 is 0 Å². The molecule has 0 aliphatic heterocycles. The molecule has 2 fully saturated rings. The van der Waals surface area contributed by atoms with Crippen LogP contribution < -0.4 is 5.32 Å². The van der Waals surface area contributed by atoms with Crippen LogP contribution in [0.5, 0.6) is 0 Å². The fourth-order valence-corrected chi connectivity index (χ4v) is 3.48. The minimum absolute atomic E-state index is 0.354. The first-order chi connectivity index (χ1) is 9.18. The van der Waals surface area contributed by atoms with Gasteiger partial charge in [-0.25, -0.2) is 0 Å². The lowest BCUT2D eigenvalue weighted by molar-refractivity contribution is -0.00637. The molecule has 2 rings (SSSR count). The van der Waals surface area contributed by atoms with Crippen LogP contribution in [-0.4, -0.2) is 37.0 Å². The Labute approximate surface area is 118 Å². The molecule has 0 amide bonds. The third kappa shape index (κ3) is 5.41. The highest BCUT2D eigenvalue weighted by Crippen LogP contribution is 2.34. The number of rotatable bonds is 7. The Kier molecular flexibility index (Phi) is 6.11. The summed E-state index contributed by atoms with van der Waals surface area (Å²) in [5.74, 6) is 0. The molecular weight excluding hydrogens is 238 g/mol. The third-order valence-electron chi connectivity index (χ3n) is 4.82. The van der Waals surface area contributed by atoms with Gasteiger partial charge in [0.25, 0.3) is 0 Å². The maximum absolute atomic E-state index is 9.94. The molecule has 19 heavy (non-hydrogen) atoms. The Bertz CT molecular complexity index is 245. The molecule has 2 N–H and O–H groups in total. The van der Waals surface area contributed by atoms with Crippen molar-refractivity contribution in [1.82, 2.24) is 5.32 Å². The number of hydrogen-bond acceptors (Lipinski definition) is 3. The van der Waals surface area contributed by atoms with Gasteiger partial charge in [0.15, 0.2) is 0 Å². The normalized spacial score (nSPS) is 25.6. The lowest BCUT2D eigenvalue weighted by Gasteiger charge is -2.34. The molecule has 2 aliphatic carbocycles. The lowest BCUT2D eigenvalue weighted by Crippen LogP contribution is -2.39. The Hall–Kier alpha value is -0.120. The molecule has 3 heteroatoms. The van der Waals surface area contributed by atoms with Gasteiger partial charge in [-0.05, 0) is 31.1 Å². The number of ether oxygens (including phenoxy) is 1. The van der Waals surface area contributed by atoms with E-state index in [-0.39, 0.29) is 6.10 Å². The summed E-state index contributed by atoms with van der Waals surface area (Å²) in [6, 6.07) is 0. The van der Waals surface area contributed by atoms with Crippen LogP contribution >= 0.6 is 0 Å². The van der Waals surface area contributed by atoms with Gasteiger partial charge in [-0.15, -0.1) is 0 Å². The summed E-state index contributed by atoms with van der Waals surface area (Å²) >= 11 is 0. The van der Waals surface area contributed by atoms with Gasteiger partial charge in [-0.3, -0.25) is 0 Å².